The van der Waals surface area contributed by atoms with Gasteiger partial charge >= 0.3 is 5.97 Å². The number of fused-ring (bicyclic) bond motifs is 1. The van der Waals surface area contributed by atoms with Crippen LogP contribution < -0.4 is 0 Å². The van der Waals surface area contributed by atoms with E-state index in [1.54, 1.807) is 19.1 Å². The standard InChI is InChI=1S/C11H10N2O3/c1-2-16-11(15)9-4-7-3-8(6-14)12-5-10(7)13-9/h3-6,13H,2H2,1H3. The molecule has 0 unspecified atom stereocenters. The van der Waals surface area contributed by atoms with Gasteiger partial charge in [-0.25, -0.2) is 4.79 Å². The second-order valence-corrected chi connectivity index (χ2v) is 3.22. The molecule has 5 heteroatoms. The van der Waals surface area contributed by atoms with Gasteiger partial charge in [0, 0.05) is 5.39 Å². The molecule has 2 aromatic heterocycles. The second kappa shape index (κ2) is 4.14. The number of aromatic amines is 1. The molecule has 0 aromatic carbocycles. The Bertz CT molecular complexity index is 545. The van der Waals surface area contributed by atoms with E-state index in [1.807, 2.05) is 0 Å². The summed E-state index contributed by atoms with van der Waals surface area (Å²) in [6.45, 7) is 2.07. The average Bonchev–Trinajstić information content (AvgIpc) is 2.71. The summed E-state index contributed by atoms with van der Waals surface area (Å²) >= 11 is 0. The molecule has 1 N–H and O–H groups in total. The van der Waals surface area contributed by atoms with E-state index >= 15 is 0 Å². The number of carbonyl (C=O) groups is 2. The highest BCUT2D eigenvalue weighted by Crippen LogP contribution is 2.15. The highest BCUT2D eigenvalue weighted by atomic mass is 16.5. The third-order valence-corrected chi connectivity index (χ3v) is 2.14. The number of H-pyrrole nitrogens is 1. The van der Waals surface area contributed by atoms with Crippen LogP contribution in [0.5, 0.6) is 0 Å². The minimum atomic E-state index is -0.411. The molecular formula is C11H10N2O3. The molecule has 0 fully saturated rings. The van der Waals surface area contributed by atoms with Gasteiger partial charge < -0.3 is 9.72 Å². The van der Waals surface area contributed by atoms with Crippen molar-refractivity contribution in [3.05, 3.63) is 29.7 Å². The molecule has 0 aliphatic rings. The number of rotatable bonds is 3. The molecule has 0 atom stereocenters. The van der Waals surface area contributed by atoms with Crippen molar-refractivity contribution in [2.45, 2.75) is 6.92 Å². The number of esters is 1. The van der Waals surface area contributed by atoms with Gasteiger partial charge in [0.05, 0.1) is 18.3 Å². The number of pyridine rings is 1. The maximum atomic E-state index is 11.4. The molecule has 2 aromatic rings. The lowest BCUT2D eigenvalue weighted by Crippen LogP contribution is -2.04. The van der Waals surface area contributed by atoms with Crippen LogP contribution in [-0.2, 0) is 4.74 Å². The molecule has 5 nitrogen and oxygen atoms in total. The number of aldehydes is 1. The van der Waals surface area contributed by atoms with Crippen LogP contribution >= 0.6 is 0 Å². The summed E-state index contributed by atoms with van der Waals surface area (Å²) < 4.78 is 4.85. The van der Waals surface area contributed by atoms with E-state index in [2.05, 4.69) is 9.97 Å². The normalized spacial score (nSPS) is 10.3. The molecule has 0 saturated carbocycles. The summed E-state index contributed by atoms with van der Waals surface area (Å²) in [4.78, 5) is 28.7. The fourth-order valence-corrected chi connectivity index (χ4v) is 1.43. The van der Waals surface area contributed by atoms with Crippen molar-refractivity contribution >= 4 is 23.2 Å². The Morgan fingerprint density at radius 2 is 2.38 bits per heavy atom. The molecule has 2 heterocycles. The van der Waals surface area contributed by atoms with Crippen LogP contribution in [0.15, 0.2) is 18.3 Å². The monoisotopic (exact) mass is 218 g/mol. The van der Waals surface area contributed by atoms with Gasteiger partial charge in [0.1, 0.15) is 11.4 Å². The minimum Gasteiger partial charge on any atom is -0.461 e. The Kier molecular flexibility index (Phi) is 2.68. The van der Waals surface area contributed by atoms with Gasteiger partial charge in [0.25, 0.3) is 0 Å². The van der Waals surface area contributed by atoms with Crippen molar-refractivity contribution in [3.63, 3.8) is 0 Å². The van der Waals surface area contributed by atoms with E-state index < -0.39 is 5.97 Å². The molecule has 16 heavy (non-hydrogen) atoms. The third kappa shape index (κ3) is 1.79. The summed E-state index contributed by atoms with van der Waals surface area (Å²) in [6, 6.07) is 3.25. The van der Waals surface area contributed by atoms with E-state index in [1.165, 1.54) is 6.20 Å². The van der Waals surface area contributed by atoms with Gasteiger partial charge in [-0.1, -0.05) is 0 Å². The first-order chi connectivity index (χ1) is 7.74. The number of aromatic nitrogens is 2. The maximum Gasteiger partial charge on any atom is 0.354 e. The lowest BCUT2D eigenvalue weighted by molar-refractivity contribution is 0.0520. The SMILES string of the molecule is CCOC(=O)c1cc2cc(C=O)ncc2[nH]1. The van der Waals surface area contributed by atoms with Crippen LogP contribution in [0, 0.1) is 0 Å². The van der Waals surface area contributed by atoms with E-state index in [4.69, 9.17) is 4.74 Å². The van der Waals surface area contributed by atoms with Gasteiger partial charge in [0.2, 0.25) is 0 Å². The van der Waals surface area contributed by atoms with E-state index in [-0.39, 0.29) is 0 Å². The number of carbonyl (C=O) groups excluding carboxylic acids is 2. The summed E-state index contributed by atoms with van der Waals surface area (Å²) in [6.07, 6.45) is 2.18. The summed E-state index contributed by atoms with van der Waals surface area (Å²) in [7, 11) is 0. The first-order valence-corrected chi connectivity index (χ1v) is 4.85. The van der Waals surface area contributed by atoms with Gasteiger partial charge in [0.15, 0.2) is 6.29 Å². The zero-order chi connectivity index (χ0) is 11.5. The Labute approximate surface area is 91.4 Å². The van der Waals surface area contributed by atoms with Gasteiger partial charge in [-0.2, -0.15) is 0 Å². The van der Waals surface area contributed by atoms with E-state index in [9.17, 15) is 9.59 Å². The van der Waals surface area contributed by atoms with E-state index in [0.717, 1.165) is 5.39 Å². The molecule has 0 aliphatic heterocycles. The number of ether oxygens (including phenoxy) is 1. The van der Waals surface area contributed by atoms with Crippen LogP contribution in [0.25, 0.3) is 10.9 Å². The molecule has 0 aliphatic carbocycles. The third-order valence-electron chi connectivity index (χ3n) is 2.14. The maximum absolute atomic E-state index is 11.4. The highest BCUT2D eigenvalue weighted by molar-refractivity contribution is 5.95. The highest BCUT2D eigenvalue weighted by Gasteiger charge is 2.10. The Hall–Kier alpha value is -2.17. The molecule has 0 saturated heterocycles. The number of hydrogen-bond donors (Lipinski definition) is 1. The van der Waals surface area contributed by atoms with Crippen LogP contribution in [0.1, 0.15) is 27.9 Å². The number of hydrogen-bond acceptors (Lipinski definition) is 4. The smallest absolute Gasteiger partial charge is 0.354 e. The molecule has 0 radical (unpaired) electrons. The molecule has 0 bridgehead atoms. The minimum absolute atomic E-state index is 0.325. The fourth-order valence-electron chi connectivity index (χ4n) is 1.43. The Morgan fingerprint density at radius 1 is 1.56 bits per heavy atom. The van der Waals surface area contributed by atoms with Crippen molar-refractivity contribution in [3.8, 4) is 0 Å². The number of nitrogens with one attached hydrogen (secondary N) is 1. The topological polar surface area (TPSA) is 72.1 Å². The molecule has 82 valence electrons. The zero-order valence-electron chi connectivity index (χ0n) is 8.69. The van der Waals surface area contributed by atoms with Crippen molar-refractivity contribution in [1.82, 2.24) is 9.97 Å². The predicted molar refractivity (Wildman–Crippen MR) is 57.4 cm³/mol. The van der Waals surface area contributed by atoms with Crippen molar-refractivity contribution in [2.24, 2.45) is 0 Å². The second-order valence-electron chi connectivity index (χ2n) is 3.22. The summed E-state index contributed by atoms with van der Waals surface area (Å²) in [5, 5.41) is 0.764. The van der Waals surface area contributed by atoms with Gasteiger partial charge in [-0.05, 0) is 19.1 Å². The molecule has 2 rings (SSSR count). The molecular weight excluding hydrogens is 208 g/mol. The van der Waals surface area contributed by atoms with Crippen molar-refractivity contribution in [2.75, 3.05) is 6.61 Å². The predicted octanol–water partition coefficient (Wildman–Crippen LogP) is 1.55. The van der Waals surface area contributed by atoms with Gasteiger partial charge in [-0.3, -0.25) is 9.78 Å². The quantitative estimate of drug-likeness (QED) is 0.626. The van der Waals surface area contributed by atoms with Crippen LogP contribution in [0.3, 0.4) is 0 Å². The van der Waals surface area contributed by atoms with Crippen molar-refractivity contribution < 1.29 is 14.3 Å². The van der Waals surface area contributed by atoms with Crippen LogP contribution in [-0.4, -0.2) is 28.8 Å². The van der Waals surface area contributed by atoms with Crippen molar-refractivity contribution in [1.29, 1.82) is 0 Å². The van der Waals surface area contributed by atoms with Gasteiger partial charge in [-0.15, -0.1) is 0 Å². The molecule has 0 amide bonds. The average molecular weight is 218 g/mol. The fraction of sp³-hybridized carbons (Fsp3) is 0.182. The zero-order valence-corrected chi connectivity index (χ0v) is 8.69. The Morgan fingerprint density at radius 3 is 3.06 bits per heavy atom. The lowest BCUT2D eigenvalue weighted by atomic mass is 10.2. The number of nitrogens with zero attached hydrogens (tertiary/aromatic N) is 1. The summed E-state index contributed by atoms with van der Waals surface area (Å²) in [5.41, 5.74) is 1.40. The Balaban J connectivity index is 2.43. The largest absolute Gasteiger partial charge is 0.461 e. The van der Waals surface area contributed by atoms with Crippen LogP contribution in [0.4, 0.5) is 0 Å². The molecule has 0 spiro atoms. The lowest BCUT2D eigenvalue weighted by Gasteiger charge is -1.96. The first-order valence-electron chi connectivity index (χ1n) is 4.85. The van der Waals surface area contributed by atoms with Crippen LogP contribution in [0.2, 0.25) is 0 Å². The van der Waals surface area contributed by atoms with E-state index in [0.29, 0.717) is 29.8 Å². The summed E-state index contributed by atoms with van der Waals surface area (Å²) in [5.74, 6) is -0.411. The first kappa shape index (κ1) is 10.4.